The van der Waals surface area contributed by atoms with Crippen LogP contribution in [0.2, 0.25) is 0 Å². The third-order valence-electron chi connectivity index (χ3n) is 7.05. The van der Waals surface area contributed by atoms with Crippen molar-refractivity contribution >= 4 is 27.5 Å². The number of anilines is 1. The molecule has 1 aromatic rings. The Balaban J connectivity index is 1.55. The molecule has 0 bridgehead atoms. The Kier molecular flexibility index (Phi) is 6.40. The summed E-state index contributed by atoms with van der Waals surface area (Å²) in [5, 5.41) is 0. The van der Waals surface area contributed by atoms with Crippen LogP contribution in [-0.2, 0) is 26.0 Å². The molecule has 3 heterocycles. The molecule has 8 heteroatoms. The van der Waals surface area contributed by atoms with E-state index in [2.05, 4.69) is 13.8 Å². The Labute approximate surface area is 185 Å². The molecule has 2 saturated heterocycles. The smallest absolute Gasteiger partial charge is 0.243 e. The van der Waals surface area contributed by atoms with Crippen molar-refractivity contribution in [2.24, 2.45) is 5.92 Å². The van der Waals surface area contributed by atoms with Crippen molar-refractivity contribution in [3.8, 4) is 0 Å². The van der Waals surface area contributed by atoms with Gasteiger partial charge in [0, 0.05) is 37.8 Å². The monoisotopic (exact) mass is 447 g/mol. The molecule has 3 aliphatic heterocycles. The quantitative estimate of drug-likeness (QED) is 0.711. The minimum atomic E-state index is -3.54. The molecule has 0 radical (unpaired) electrons. The standard InChI is InChI=1S/C23H33N3O4S/c1-17-10-13-24(14-11-17)31(29,30)20-7-8-21-19(15-20)6-9-22(27)26(21)16-23(28)25-12-4-3-5-18(25)2/h7-8,15,17-18H,3-6,9-14,16H2,1-2H3. The van der Waals surface area contributed by atoms with Crippen molar-refractivity contribution in [3.63, 3.8) is 0 Å². The zero-order chi connectivity index (χ0) is 22.2. The number of carbonyl (C=O) groups excluding carboxylic acids is 2. The molecular weight excluding hydrogens is 414 g/mol. The number of hydrogen-bond acceptors (Lipinski definition) is 4. The number of likely N-dealkylation sites (tertiary alicyclic amines) is 1. The molecule has 1 aromatic carbocycles. The van der Waals surface area contributed by atoms with Gasteiger partial charge < -0.3 is 9.80 Å². The highest BCUT2D eigenvalue weighted by Gasteiger charge is 2.33. The maximum absolute atomic E-state index is 13.1. The van der Waals surface area contributed by atoms with E-state index in [4.69, 9.17) is 0 Å². The van der Waals surface area contributed by atoms with E-state index >= 15 is 0 Å². The second kappa shape index (κ2) is 8.90. The van der Waals surface area contributed by atoms with Crippen LogP contribution in [0.25, 0.3) is 0 Å². The fourth-order valence-electron chi connectivity index (χ4n) is 4.94. The fraction of sp³-hybridized carbons (Fsp3) is 0.652. The van der Waals surface area contributed by atoms with Gasteiger partial charge in [-0.05, 0) is 75.1 Å². The first-order valence-corrected chi connectivity index (χ1v) is 12.9. The summed E-state index contributed by atoms with van der Waals surface area (Å²) in [5.74, 6) is 0.438. The molecule has 2 fully saturated rings. The number of hydrogen-bond donors (Lipinski definition) is 0. The van der Waals surface area contributed by atoms with Gasteiger partial charge in [-0.3, -0.25) is 9.59 Å². The summed E-state index contributed by atoms with van der Waals surface area (Å²) in [5.41, 5.74) is 1.49. The van der Waals surface area contributed by atoms with Crippen molar-refractivity contribution in [1.29, 1.82) is 0 Å². The van der Waals surface area contributed by atoms with Crippen molar-refractivity contribution in [2.45, 2.75) is 69.7 Å². The van der Waals surface area contributed by atoms with Gasteiger partial charge in [0.1, 0.15) is 6.54 Å². The van der Waals surface area contributed by atoms with Gasteiger partial charge in [0.05, 0.1) is 4.90 Å². The fourth-order valence-corrected chi connectivity index (χ4v) is 6.46. The lowest BCUT2D eigenvalue weighted by Gasteiger charge is -2.36. The average molecular weight is 448 g/mol. The molecule has 0 aliphatic carbocycles. The van der Waals surface area contributed by atoms with Gasteiger partial charge in [-0.2, -0.15) is 4.31 Å². The zero-order valence-corrected chi connectivity index (χ0v) is 19.4. The number of sulfonamides is 1. The second-order valence-electron chi connectivity index (χ2n) is 9.29. The summed E-state index contributed by atoms with van der Waals surface area (Å²) in [6.45, 7) is 6.07. The minimum Gasteiger partial charge on any atom is -0.338 e. The molecule has 7 nitrogen and oxygen atoms in total. The molecule has 0 N–H and O–H groups in total. The summed E-state index contributed by atoms with van der Waals surface area (Å²) in [7, 11) is -3.54. The number of carbonyl (C=O) groups is 2. The number of rotatable bonds is 4. The number of benzene rings is 1. The van der Waals surface area contributed by atoms with Crippen LogP contribution in [0, 0.1) is 5.92 Å². The molecule has 3 aliphatic rings. The summed E-state index contributed by atoms with van der Waals surface area (Å²) in [6, 6.07) is 5.20. The summed E-state index contributed by atoms with van der Waals surface area (Å²) < 4.78 is 27.8. The number of amides is 2. The predicted octanol–water partition coefficient (Wildman–Crippen LogP) is 2.79. The largest absolute Gasteiger partial charge is 0.338 e. The summed E-state index contributed by atoms with van der Waals surface area (Å²) in [4.78, 5) is 29.3. The van der Waals surface area contributed by atoms with Crippen molar-refractivity contribution < 1.29 is 18.0 Å². The SMILES string of the molecule is CC1CCN(S(=O)(=O)c2ccc3c(c2)CCC(=O)N3CC(=O)N2CCCCC2C)CC1. The van der Waals surface area contributed by atoms with Gasteiger partial charge >= 0.3 is 0 Å². The Bertz CT molecular complexity index is 954. The van der Waals surface area contributed by atoms with Gasteiger partial charge in [-0.15, -0.1) is 0 Å². The number of nitrogens with zero attached hydrogens (tertiary/aromatic N) is 3. The van der Waals surface area contributed by atoms with Crippen molar-refractivity contribution in [3.05, 3.63) is 23.8 Å². The molecule has 4 rings (SSSR count). The maximum atomic E-state index is 13.1. The van der Waals surface area contributed by atoms with Crippen LogP contribution in [0.15, 0.2) is 23.1 Å². The van der Waals surface area contributed by atoms with Crippen LogP contribution in [0.1, 0.15) is 57.9 Å². The van der Waals surface area contributed by atoms with Gasteiger partial charge in [0.25, 0.3) is 0 Å². The van der Waals surface area contributed by atoms with Gasteiger partial charge in [0.15, 0.2) is 0 Å². The second-order valence-corrected chi connectivity index (χ2v) is 11.2. The van der Waals surface area contributed by atoms with Crippen LogP contribution >= 0.6 is 0 Å². The van der Waals surface area contributed by atoms with Crippen LogP contribution in [-0.4, -0.2) is 61.7 Å². The third kappa shape index (κ3) is 4.51. The highest BCUT2D eigenvalue weighted by molar-refractivity contribution is 7.89. The number of piperidine rings is 2. The van der Waals surface area contributed by atoms with Gasteiger partial charge in [-0.25, -0.2) is 8.42 Å². The Morgan fingerprint density at radius 2 is 1.77 bits per heavy atom. The molecule has 31 heavy (non-hydrogen) atoms. The Hall–Kier alpha value is -1.93. The lowest BCUT2D eigenvalue weighted by atomic mass is 10.0. The van der Waals surface area contributed by atoms with Gasteiger partial charge in [-0.1, -0.05) is 6.92 Å². The van der Waals surface area contributed by atoms with E-state index in [9.17, 15) is 18.0 Å². The predicted molar refractivity (Wildman–Crippen MR) is 119 cm³/mol. The van der Waals surface area contributed by atoms with Crippen LogP contribution in [0.3, 0.4) is 0 Å². The Morgan fingerprint density at radius 3 is 2.48 bits per heavy atom. The minimum absolute atomic E-state index is 0.0201. The first-order valence-electron chi connectivity index (χ1n) is 11.5. The molecule has 170 valence electrons. The number of aryl methyl sites for hydroxylation is 1. The molecule has 2 amide bonds. The summed E-state index contributed by atoms with van der Waals surface area (Å²) in [6.07, 6.45) is 5.67. The first kappa shape index (κ1) is 22.3. The molecule has 0 saturated carbocycles. The van der Waals surface area contributed by atoms with Crippen LogP contribution in [0.4, 0.5) is 5.69 Å². The van der Waals surface area contributed by atoms with E-state index in [0.29, 0.717) is 37.5 Å². The highest BCUT2D eigenvalue weighted by Crippen LogP contribution is 2.32. The lowest BCUT2D eigenvalue weighted by Crippen LogP contribution is -2.49. The van der Waals surface area contributed by atoms with Crippen LogP contribution in [0.5, 0.6) is 0 Å². The van der Waals surface area contributed by atoms with Crippen LogP contribution < -0.4 is 4.90 Å². The molecule has 1 atom stereocenters. The van der Waals surface area contributed by atoms with E-state index in [-0.39, 0.29) is 29.3 Å². The zero-order valence-electron chi connectivity index (χ0n) is 18.5. The van der Waals surface area contributed by atoms with E-state index in [1.165, 1.54) is 0 Å². The highest BCUT2D eigenvalue weighted by atomic mass is 32.2. The molecule has 0 spiro atoms. The van der Waals surface area contributed by atoms with E-state index in [0.717, 1.165) is 44.2 Å². The summed E-state index contributed by atoms with van der Waals surface area (Å²) >= 11 is 0. The number of fused-ring (bicyclic) bond motifs is 1. The molecule has 1 unspecified atom stereocenters. The lowest BCUT2D eigenvalue weighted by molar-refractivity contribution is -0.134. The maximum Gasteiger partial charge on any atom is 0.243 e. The Morgan fingerprint density at radius 1 is 1.03 bits per heavy atom. The van der Waals surface area contributed by atoms with E-state index in [1.54, 1.807) is 27.4 Å². The normalized spacial score (nSPS) is 23.7. The average Bonchev–Trinajstić information content (AvgIpc) is 2.76. The first-order chi connectivity index (χ1) is 14.8. The van der Waals surface area contributed by atoms with Gasteiger partial charge in [0.2, 0.25) is 21.8 Å². The molecule has 0 aromatic heterocycles. The topological polar surface area (TPSA) is 78.0 Å². The van der Waals surface area contributed by atoms with E-state index in [1.807, 2.05) is 4.90 Å². The van der Waals surface area contributed by atoms with Crippen molar-refractivity contribution in [2.75, 3.05) is 31.1 Å². The van der Waals surface area contributed by atoms with E-state index < -0.39 is 10.0 Å². The molecular formula is C23H33N3O4S. The van der Waals surface area contributed by atoms with Crippen molar-refractivity contribution in [1.82, 2.24) is 9.21 Å². The third-order valence-corrected chi connectivity index (χ3v) is 8.94.